The quantitative estimate of drug-likeness (QED) is 0.813. The maximum atomic E-state index is 11.8. The van der Waals surface area contributed by atoms with Crippen LogP contribution in [0.2, 0.25) is 10.0 Å². The van der Waals surface area contributed by atoms with Gasteiger partial charge in [-0.3, -0.25) is 4.79 Å². The lowest BCUT2D eigenvalue weighted by atomic mass is 9.99. The first-order chi connectivity index (χ1) is 10.6. The van der Waals surface area contributed by atoms with Gasteiger partial charge in [0.05, 0.1) is 5.02 Å². The van der Waals surface area contributed by atoms with Gasteiger partial charge in [-0.1, -0.05) is 42.5 Å². The Morgan fingerprint density at radius 2 is 1.82 bits per heavy atom. The lowest BCUT2D eigenvalue weighted by Crippen LogP contribution is -2.26. The molecule has 1 N–H and O–H groups in total. The van der Waals surface area contributed by atoms with Crippen LogP contribution in [0.25, 0.3) is 0 Å². The highest BCUT2D eigenvalue weighted by Gasteiger charge is 2.08. The highest BCUT2D eigenvalue weighted by atomic mass is 35.5. The normalized spacial score (nSPS) is 15.6. The standard InChI is InChI=1S/C16H20Cl2N2O2/c17-12-8-9-15(14(18)10-12)22-11-16(21)20-19-13-6-4-2-1-3-5-7-13/h8-10H,1-7,11H2,(H,20,21). The third-order valence-electron chi connectivity index (χ3n) is 3.52. The molecular weight excluding hydrogens is 323 g/mol. The topological polar surface area (TPSA) is 50.7 Å². The Kier molecular flexibility index (Phi) is 7.00. The first-order valence-corrected chi connectivity index (χ1v) is 8.33. The molecule has 6 heteroatoms. The molecule has 120 valence electrons. The highest BCUT2D eigenvalue weighted by Crippen LogP contribution is 2.27. The van der Waals surface area contributed by atoms with E-state index in [2.05, 4.69) is 10.5 Å². The summed E-state index contributed by atoms with van der Waals surface area (Å²) in [7, 11) is 0. The summed E-state index contributed by atoms with van der Waals surface area (Å²) in [5, 5.41) is 5.12. The van der Waals surface area contributed by atoms with Crippen molar-refractivity contribution in [1.29, 1.82) is 0 Å². The van der Waals surface area contributed by atoms with E-state index in [1.165, 1.54) is 19.3 Å². The number of rotatable bonds is 4. The van der Waals surface area contributed by atoms with Gasteiger partial charge >= 0.3 is 0 Å². The minimum atomic E-state index is -0.291. The van der Waals surface area contributed by atoms with E-state index >= 15 is 0 Å². The van der Waals surface area contributed by atoms with Crippen molar-refractivity contribution < 1.29 is 9.53 Å². The van der Waals surface area contributed by atoms with Gasteiger partial charge in [-0.15, -0.1) is 0 Å². The largest absolute Gasteiger partial charge is 0.482 e. The number of halogens is 2. The summed E-state index contributed by atoms with van der Waals surface area (Å²) >= 11 is 11.8. The van der Waals surface area contributed by atoms with E-state index < -0.39 is 0 Å². The summed E-state index contributed by atoms with van der Waals surface area (Å²) in [6.07, 6.45) is 8.00. The molecule has 0 atom stereocenters. The fraction of sp³-hybridized carbons (Fsp3) is 0.500. The first-order valence-electron chi connectivity index (χ1n) is 7.57. The van der Waals surface area contributed by atoms with Gasteiger partial charge in [0.25, 0.3) is 5.91 Å². The van der Waals surface area contributed by atoms with E-state index in [1.807, 2.05) is 0 Å². The van der Waals surface area contributed by atoms with Gasteiger partial charge in [0.2, 0.25) is 0 Å². The summed E-state index contributed by atoms with van der Waals surface area (Å²) in [5.74, 6) is 0.139. The molecule has 1 fully saturated rings. The Hall–Kier alpha value is -1.26. The molecule has 0 aromatic heterocycles. The summed E-state index contributed by atoms with van der Waals surface area (Å²) < 4.78 is 5.37. The molecular formula is C16H20Cl2N2O2. The summed E-state index contributed by atoms with van der Waals surface area (Å²) in [6, 6.07) is 4.87. The van der Waals surface area contributed by atoms with Crippen LogP contribution in [0.1, 0.15) is 44.9 Å². The number of hydrazone groups is 1. The molecule has 0 saturated heterocycles. The van der Waals surface area contributed by atoms with Crippen molar-refractivity contribution >= 4 is 34.8 Å². The number of benzene rings is 1. The molecule has 1 aromatic carbocycles. The van der Waals surface area contributed by atoms with Crippen LogP contribution in [0.4, 0.5) is 0 Å². The Morgan fingerprint density at radius 3 is 2.50 bits per heavy atom. The van der Waals surface area contributed by atoms with Gasteiger partial charge in [0.15, 0.2) is 6.61 Å². The van der Waals surface area contributed by atoms with Crippen molar-refractivity contribution in [3.63, 3.8) is 0 Å². The third-order valence-corrected chi connectivity index (χ3v) is 4.05. The molecule has 0 unspecified atom stereocenters. The van der Waals surface area contributed by atoms with Gasteiger partial charge in [-0.05, 0) is 43.9 Å². The summed E-state index contributed by atoms with van der Waals surface area (Å²) in [6.45, 7) is -0.127. The Labute approximate surface area is 140 Å². The molecule has 0 bridgehead atoms. The molecule has 22 heavy (non-hydrogen) atoms. The lowest BCUT2D eigenvalue weighted by molar-refractivity contribution is -0.123. The summed E-state index contributed by atoms with van der Waals surface area (Å²) in [4.78, 5) is 11.8. The molecule has 1 aliphatic carbocycles. The Balaban J connectivity index is 1.79. The third kappa shape index (κ3) is 5.85. The summed E-state index contributed by atoms with van der Waals surface area (Å²) in [5.41, 5.74) is 3.62. The van der Waals surface area contributed by atoms with Crippen LogP contribution < -0.4 is 10.2 Å². The zero-order chi connectivity index (χ0) is 15.8. The number of ether oxygens (including phenoxy) is 1. The van der Waals surface area contributed by atoms with Crippen LogP contribution in [0.5, 0.6) is 5.75 Å². The average molecular weight is 343 g/mol. The number of nitrogens with one attached hydrogen (secondary N) is 1. The second-order valence-corrected chi connectivity index (χ2v) is 6.19. The fourth-order valence-electron chi connectivity index (χ4n) is 2.33. The molecule has 0 heterocycles. The van der Waals surface area contributed by atoms with Crippen molar-refractivity contribution in [2.45, 2.75) is 44.9 Å². The molecule has 1 saturated carbocycles. The van der Waals surface area contributed by atoms with Crippen molar-refractivity contribution in [1.82, 2.24) is 5.43 Å². The lowest BCUT2D eigenvalue weighted by Gasteiger charge is -2.11. The molecule has 2 rings (SSSR count). The zero-order valence-electron chi connectivity index (χ0n) is 12.4. The van der Waals surface area contributed by atoms with Crippen LogP contribution in [-0.4, -0.2) is 18.2 Å². The van der Waals surface area contributed by atoms with E-state index in [-0.39, 0.29) is 12.5 Å². The smallest absolute Gasteiger partial charge is 0.277 e. The molecule has 0 aliphatic heterocycles. The molecule has 1 amide bonds. The van der Waals surface area contributed by atoms with E-state index in [1.54, 1.807) is 18.2 Å². The second-order valence-electron chi connectivity index (χ2n) is 5.34. The zero-order valence-corrected chi connectivity index (χ0v) is 13.9. The number of nitrogens with zero attached hydrogens (tertiary/aromatic N) is 1. The van der Waals surface area contributed by atoms with Gasteiger partial charge in [-0.25, -0.2) is 5.43 Å². The maximum absolute atomic E-state index is 11.8. The van der Waals surface area contributed by atoms with E-state index in [0.717, 1.165) is 31.4 Å². The van der Waals surface area contributed by atoms with Crippen LogP contribution >= 0.6 is 23.2 Å². The minimum absolute atomic E-state index is 0.127. The van der Waals surface area contributed by atoms with Crippen molar-refractivity contribution in [3.8, 4) is 5.75 Å². The van der Waals surface area contributed by atoms with E-state index in [9.17, 15) is 4.79 Å². The number of hydrogen-bond donors (Lipinski definition) is 1. The number of carbonyl (C=O) groups excluding carboxylic acids is 1. The Morgan fingerprint density at radius 1 is 1.14 bits per heavy atom. The predicted molar refractivity (Wildman–Crippen MR) is 89.9 cm³/mol. The molecule has 0 spiro atoms. The maximum Gasteiger partial charge on any atom is 0.277 e. The van der Waals surface area contributed by atoms with Gasteiger partial charge in [0, 0.05) is 10.7 Å². The predicted octanol–water partition coefficient (Wildman–Crippen LogP) is 4.59. The van der Waals surface area contributed by atoms with Crippen LogP contribution in [-0.2, 0) is 4.79 Å². The van der Waals surface area contributed by atoms with Gasteiger partial charge < -0.3 is 4.74 Å². The Bertz CT molecular complexity index is 537. The highest BCUT2D eigenvalue weighted by molar-refractivity contribution is 6.35. The number of hydrogen-bond acceptors (Lipinski definition) is 3. The monoisotopic (exact) mass is 342 g/mol. The number of carbonyl (C=O) groups is 1. The fourth-order valence-corrected chi connectivity index (χ4v) is 2.80. The van der Waals surface area contributed by atoms with Gasteiger partial charge in [0.1, 0.15) is 5.75 Å². The van der Waals surface area contributed by atoms with E-state index in [0.29, 0.717) is 15.8 Å². The van der Waals surface area contributed by atoms with Crippen LogP contribution in [0.3, 0.4) is 0 Å². The molecule has 0 radical (unpaired) electrons. The SMILES string of the molecule is O=C(COc1ccc(Cl)cc1Cl)NN=C1CCCCCCC1. The van der Waals surface area contributed by atoms with E-state index in [4.69, 9.17) is 27.9 Å². The second kappa shape index (κ2) is 9.01. The van der Waals surface area contributed by atoms with Crippen molar-refractivity contribution in [2.75, 3.05) is 6.61 Å². The molecule has 1 aromatic rings. The van der Waals surface area contributed by atoms with Crippen molar-refractivity contribution in [3.05, 3.63) is 28.2 Å². The number of amides is 1. The van der Waals surface area contributed by atoms with Gasteiger partial charge in [-0.2, -0.15) is 5.10 Å². The van der Waals surface area contributed by atoms with Crippen LogP contribution in [0, 0.1) is 0 Å². The first kappa shape index (κ1) is 17.1. The minimum Gasteiger partial charge on any atom is -0.482 e. The average Bonchev–Trinajstić information content (AvgIpc) is 2.45. The molecule has 4 nitrogen and oxygen atoms in total. The van der Waals surface area contributed by atoms with Crippen LogP contribution in [0.15, 0.2) is 23.3 Å². The molecule has 1 aliphatic rings. The van der Waals surface area contributed by atoms with Crippen molar-refractivity contribution in [2.24, 2.45) is 5.10 Å².